The maximum Gasteiger partial charge on any atom is 0.335 e. The number of hydrogen-bond donors (Lipinski definition) is 1. The molecule has 0 saturated heterocycles. The topological polar surface area (TPSA) is 37.3 Å². The van der Waals surface area contributed by atoms with Crippen molar-refractivity contribution >= 4 is 5.97 Å². The minimum absolute atomic E-state index is 0.0600. The Labute approximate surface area is 104 Å². The number of hydrogen-bond acceptors (Lipinski definition) is 1. The summed E-state index contributed by atoms with van der Waals surface area (Å²) in [7, 11) is 0. The molecule has 0 unspecified atom stereocenters. The summed E-state index contributed by atoms with van der Waals surface area (Å²) in [6.07, 6.45) is 0. The molecule has 19 heavy (non-hydrogen) atoms. The van der Waals surface area contributed by atoms with Crippen LogP contribution >= 0.6 is 0 Å². The molecule has 2 aromatic rings. The number of benzene rings is 2. The van der Waals surface area contributed by atoms with Crippen LogP contribution in [0.1, 0.15) is 10.4 Å². The van der Waals surface area contributed by atoms with Gasteiger partial charge in [-0.1, -0.05) is 0 Å². The molecule has 0 radical (unpaired) electrons. The number of halogens is 4. The number of aromatic carboxylic acids is 1. The zero-order valence-corrected chi connectivity index (χ0v) is 9.25. The quantitative estimate of drug-likeness (QED) is 0.668. The van der Waals surface area contributed by atoms with Gasteiger partial charge in [-0.25, -0.2) is 22.4 Å². The third kappa shape index (κ3) is 2.57. The number of carboxylic acids is 1. The van der Waals surface area contributed by atoms with Crippen LogP contribution in [-0.2, 0) is 0 Å². The Bertz CT molecular complexity index is 645. The van der Waals surface area contributed by atoms with Gasteiger partial charge < -0.3 is 5.11 Å². The lowest BCUT2D eigenvalue weighted by atomic mass is 10.0. The zero-order valence-electron chi connectivity index (χ0n) is 9.25. The van der Waals surface area contributed by atoms with E-state index in [0.717, 1.165) is 18.2 Å². The second-order valence-electron chi connectivity index (χ2n) is 3.79. The van der Waals surface area contributed by atoms with Crippen LogP contribution in [0, 0.1) is 23.3 Å². The SMILES string of the molecule is O=C(O)c1cc(F)cc(-c2cc(F)c(F)c(F)c2)c1. The molecule has 0 spiro atoms. The summed E-state index contributed by atoms with van der Waals surface area (Å²) in [4.78, 5) is 10.7. The zero-order chi connectivity index (χ0) is 14.2. The molecule has 1 N–H and O–H groups in total. The molecule has 0 heterocycles. The Morgan fingerprint density at radius 3 is 1.89 bits per heavy atom. The van der Waals surface area contributed by atoms with E-state index < -0.39 is 29.2 Å². The Morgan fingerprint density at radius 2 is 1.37 bits per heavy atom. The molecule has 0 aromatic heterocycles. The molecule has 2 rings (SSSR count). The van der Waals surface area contributed by atoms with Gasteiger partial charge in [0.2, 0.25) is 0 Å². The predicted molar refractivity (Wildman–Crippen MR) is 58.7 cm³/mol. The van der Waals surface area contributed by atoms with Crippen molar-refractivity contribution in [2.75, 3.05) is 0 Å². The van der Waals surface area contributed by atoms with Crippen molar-refractivity contribution in [3.8, 4) is 11.1 Å². The molecule has 0 atom stereocenters. The summed E-state index contributed by atoms with van der Waals surface area (Å²) < 4.78 is 52.1. The monoisotopic (exact) mass is 270 g/mol. The standard InChI is InChI=1S/C13H6F4O2/c14-9-2-6(1-8(3-9)13(18)19)7-4-10(15)12(17)11(16)5-7/h1-5H,(H,18,19). The smallest absolute Gasteiger partial charge is 0.335 e. The lowest BCUT2D eigenvalue weighted by Crippen LogP contribution is -1.98. The van der Waals surface area contributed by atoms with Crippen molar-refractivity contribution in [2.45, 2.75) is 0 Å². The summed E-state index contributed by atoms with van der Waals surface area (Å²) in [5.74, 6) is -6.77. The fourth-order valence-corrected chi connectivity index (χ4v) is 1.60. The van der Waals surface area contributed by atoms with E-state index >= 15 is 0 Å². The second-order valence-corrected chi connectivity index (χ2v) is 3.79. The lowest BCUT2D eigenvalue weighted by molar-refractivity contribution is 0.0696. The molecule has 6 heteroatoms. The van der Waals surface area contributed by atoms with Crippen LogP contribution in [0.25, 0.3) is 11.1 Å². The fraction of sp³-hybridized carbons (Fsp3) is 0. The molecule has 0 saturated carbocycles. The summed E-state index contributed by atoms with van der Waals surface area (Å²) in [6.45, 7) is 0. The molecule has 2 aromatic carbocycles. The van der Waals surface area contributed by atoms with Gasteiger partial charge in [-0.05, 0) is 41.5 Å². The van der Waals surface area contributed by atoms with Crippen molar-refractivity contribution in [1.82, 2.24) is 0 Å². The van der Waals surface area contributed by atoms with E-state index in [2.05, 4.69) is 0 Å². The maximum absolute atomic E-state index is 13.2. The maximum atomic E-state index is 13.2. The first-order chi connectivity index (χ1) is 8.88. The van der Waals surface area contributed by atoms with Crippen LogP contribution in [0.5, 0.6) is 0 Å². The molecule has 98 valence electrons. The molecular formula is C13H6F4O2. The Balaban J connectivity index is 2.62. The first-order valence-corrected chi connectivity index (χ1v) is 5.07. The van der Waals surface area contributed by atoms with Crippen molar-refractivity contribution in [3.05, 3.63) is 59.2 Å². The Kier molecular flexibility index (Phi) is 3.25. The molecule has 0 aliphatic heterocycles. The number of rotatable bonds is 2. The van der Waals surface area contributed by atoms with Gasteiger partial charge >= 0.3 is 5.97 Å². The van der Waals surface area contributed by atoms with Crippen LogP contribution in [0.2, 0.25) is 0 Å². The van der Waals surface area contributed by atoms with E-state index in [9.17, 15) is 22.4 Å². The van der Waals surface area contributed by atoms with Gasteiger partial charge in [-0.3, -0.25) is 0 Å². The third-order valence-corrected chi connectivity index (χ3v) is 2.46. The summed E-state index contributed by atoms with van der Waals surface area (Å²) >= 11 is 0. The van der Waals surface area contributed by atoms with Gasteiger partial charge in [0.25, 0.3) is 0 Å². The van der Waals surface area contributed by atoms with Crippen molar-refractivity contribution in [3.63, 3.8) is 0 Å². The van der Waals surface area contributed by atoms with Crippen molar-refractivity contribution in [1.29, 1.82) is 0 Å². The highest BCUT2D eigenvalue weighted by atomic mass is 19.2. The summed E-state index contributed by atoms with van der Waals surface area (Å²) in [5, 5.41) is 8.76. The lowest BCUT2D eigenvalue weighted by Gasteiger charge is -2.05. The van der Waals surface area contributed by atoms with Gasteiger partial charge in [-0.2, -0.15) is 0 Å². The van der Waals surface area contributed by atoms with Gasteiger partial charge in [0.05, 0.1) is 5.56 Å². The van der Waals surface area contributed by atoms with Gasteiger partial charge in [0, 0.05) is 0 Å². The van der Waals surface area contributed by atoms with Crippen LogP contribution in [0.15, 0.2) is 30.3 Å². The van der Waals surface area contributed by atoms with Crippen LogP contribution in [0.4, 0.5) is 17.6 Å². The van der Waals surface area contributed by atoms with E-state index in [4.69, 9.17) is 5.11 Å². The minimum atomic E-state index is -1.64. The highest BCUT2D eigenvalue weighted by molar-refractivity contribution is 5.89. The highest BCUT2D eigenvalue weighted by Crippen LogP contribution is 2.25. The summed E-state index contributed by atoms with van der Waals surface area (Å²) in [5.41, 5.74) is -0.589. The van der Waals surface area contributed by atoms with Gasteiger partial charge in [0.1, 0.15) is 5.82 Å². The van der Waals surface area contributed by atoms with Crippen LogP contribution < -0.4 is 0 Å². The van der Waals surface area contributed by atoms with Crippen molar-refractivity contribution < 1.29 is 27.5 Å². The number of carbonyl (C=O) groups is 1. The average Bonchev–Trinajstić information content (AvgIpc) is 2.34. The molecule has 2 nitrogen and oxygen atoms in total. The Hall–Kier alpha value is -2.37. The van der Waals surface area contributed by atoms with E-state index in [-0.39, 0.29) is 16.7 Å². The summed E-state index contributed by atoms with van der Waals surface area (Å²) in [6, 6.07) is 4.04. The van der Waals surface area contributed by atoms with E-state index in [1.807, 2.05) is 0 Å². The first-order valence-electron chi connectivity index (χ1n) is 5.07. The largest absolute Gasteiger partial charge is 0.478 e. The van der Waals surface area contributed by atoms with E-state index in [1.54, 1.807) is 0 Å². The van der Waals surface area contributed by atoms with Crippen LogP contribution in [-0.4, -0.2) is 11.1 Å². The predicted octanol–water partition coefficient (Wildman–Crippen LogP) is 3.61. The molecule has 0 aliphatic rings. The second kappa shape index (κ2) is 4.72. The Morgan fingerprint density at radius 1 is 0.842 bits per heavy atom. The molecular weight excluding hydrogens is 264 g/mol. The molecule has 0 fully saturated rings. The fourth-order valence-electron chi connectivity index (χ4n) is 1.60. The van der Waals surface area contributed by atoms with E-state index in [0.29, 0.717) is 12.1 Å². The minimum Gasteiger partial charge on any atom is -0.478 e. The van der Waals surface area contributed by atoms with Gasteiger partial charge in [-0.15, -0.1) is 0 Å². The van der Waals surface area contributed by atoms with Crippen LogP contribution in [0.3, 0.4) is 0 Å². The molecule has 0 aliphatic carbocycles. The highest BCUT2D eigenvalue weighted by Gasteiger charge is 2.14. The number of carboxylic acid groups (broad SMARTS) is 1. The van der Waals surface area contributed by atoms with E-state index in [1.165, 1.54) is 0 Å². The third-order valence-electron chi connectivity index (χ3n) is 2.46. The van der Waals surface area contributed by atoms with Crippen molar-refractivity contribution in [2.24, 2.45) is 0 Å². The molecule has 0 amide bonds. The average molecular weight is 270 g/mol. The molecule has 0 bridgehead atoms. The normalized spacial score (nSPS) is 10.5. The first kappa shape index (κ1) is 13.1. The van der Waals surface area contributed by atoms with Gasteiger partial charge in [0.15, 0.2) is 17.5 Å².